The molecule has 0 aliphatic heterocycles. The Bertz CT molecular complexity index is 1460. The molecule has 0 saturated heterocycles. The molecule has 4 rings (SSSR count). The van der Waals surface area contributed by atoms with E-state index in [1.165, 1.54) is 12.4 Å². The lowest BCUT2D eigenvalue weighted by atomic mass is 10.2. The van der Waals surface area contributed by atoms with E-state index >= 15 is 0 Å². The molecule has 4 aromatic rings. The third-order valence-corrected chi connectivity index (χ3v) is 8.00. The standard InChI is InChI=1S/C25H27ClN4O5S.ClH/c1-17(2)36(32,33)19-6-3-5-18(15-19)35-22-8-4-7-20(23(22)26)29-25-24-21(27-16-28-25)9-10-30(24)11-13-34-14-12-31;/h3-10,15-17,31H,11-14H2,1-2H3,(H,27,28,29);1H. The van der Waals surface area contributed by atoms with Gasteiger partial charge >= 0.3 is 0 Å². The highest BCUT2D eigenvalue weighted by molar-refractivity contribution is 7.92. The second-order valence-corrected chi connectivity index (χ2v) is 11.1. The summed E-state index contributed by atoms with van der Waals surface area (Å²) in [6.07, 6.45) is 3.36. The zero-order chi connectivity index (χ0) is 25.7. The number of nitrogens with one attached hydrogen (secondary N) is 1. The van der Waals surface area contributed by atoms with Crippen molar-refractivity contribution in [3.8, 4) is 11.5 Å². The molecule has 2 N–H and O–H groups in total. The largest absolute Gasteiger partial charge is 0.456 e. The zero-order valence-electron chi connectivity index (χ0n) is 20.3. The normalized spacial score (nSPS) is 11.5. The first-order chi connectivity index (χ1) is 17.3. The van der Waals surface area contributed by atoms with E-state index in [0.717, 1.165) is 11.0 Å². The summed E-state index contributed by atoms with van der Waals surface area (Å²) in [5.74, 6) is 1.27. The van der Waals surface area contributed by atoms with Crippen LogP contribution >= 0.6 is 24.0 Å². The van der Waals surface area contributed by atoms with E-state index in [1.54, 1.807) is 50.2 Å². The molecule has 0 amide bonds. The number of aliphatic hydroxyl groups is 1. The minimum absolute atomic E-state index is 0. The van der Waals surface area contributed by atoms with Crippen LogP contribution in [0.3, 0.4) is 0 Å². The number of halogens is 2. The molecule has 9 nitrogen and oxygen atoms in total. The minimum atomic E-state index is -3.44. The van der Waals surface area contributed by atoms with Gasteiger partial charge in [-0.05, 0) is 50.2 Å². The number of sulfone groups is 1. The van der Waals surface area contributed by atoms with Gasteiger partial charge in [-0.25, -0.2) is 18.4 Å². The van der Waals surface area contributed by atoms with Crippen LogP contribution in [0.4, 0.5) is 11.5 Å². The van der Waals surface area contributed by atoms with Crippen molar-refractivity contribution in [2.75, 3.05) is 25.1 Å². The maximum absolute atomic E-state index is 12.5. The van der Waals surface area contributed by atoms with E-state index in [-0.39, 0.29) is 30.5 Å². The van der Waals surface area contributed by atoms with E-state index in [2.05, 4.69) is 15.3 Å². The van der Waals surface area contributed by atoms with Crippen LogP contribution in [0.25, 0.3) is 11.0 Å². The van der Waals surface area contributed by atoms with E-state index in [9.17, 15) is 8.42 Å². The van der Waals surface area contributed by atoms with Gasteiger partial charge in [-0.1, -0.05) is 23.7 Å². The van der Waals surface area contributed by atoms with Crippen molar-refractivity contribution in [2.24, 2.45) is 0 Å². The van der Waals surface area contributed by atoms with Crippen LogP contribution < -0.4 is 10.1 Å². The van der Waals surface area contributed by atoms with Gasteiger partial charge in [-0.15, -0.1) is 12.4 Å². The number of nitrogens with zero attached hydrogens (tertiary/aromatic N) is 3. The van der Waals surface area contributed by atoms with Crippen LogP contribution in [-0.4, -0.2) is 53.1 Å². The summed E-state index contributed by atoms with van der Waals surface area (Å²) in [6, 6.07) is 13.5. The number of aromatic nitrogens is 3. The van der Waals surface area contributed by atoms with Gasteiger partial charge in [0.2, 0.25) is 0 Å². The summed E-state index contributed by atoms with van der Waals surface area (Å²) in [5, 5.41) is 11.9. The highest BCUT2D eigenvalue weighted by Gasteiger charge is 2.20. The molecule has 0 aliphatic carbocycles. The number of ether oxygens (including phenoxy) is 2. The van der Waals surface area contributed by atoms with Crippen LogP contribution in [0.5, 0.6) is 11.5 Å². The van der Waals surface area contributed by atoms with Gasteiger partial charge < -0.3 is 24.5 Å². The molecule has 37 heavy (non-hydrogen) atoms. The molecule has 2 aromatic carbocycles. The van der Waals surface area contributed by atoms with Crippen molar-refractivity contribution in [3.05, 3.63) is 66.1 Å². The molecular formula is C25H28Cl2N4O5S. The molecule has 0 atom stereocenters. The average molecular weight is 567 g/mol. The van der Waals surface area contributed by atoms with Crippen LogP contribution in [0.15, 0.2) is 66.0 Å². The van der Waals surface area contributed by atoms with Crippen LogP contribution in [-0.2, 0) is 21.1 Å². The number of rotatable bonds is 11. The highest BCUT2D eigenvalue weighted by Crippen LogP contribution is 2.37. The maximum atomic E-state index is 12.5. The SMILES string of the molecule is CC(C)S(=O)(=O)c1cccc(Oc2cccc(Nc3ncnc4ccn(CCOCCO)c34)c2Cl)c1.Cl. The number of anilines is 2. The van der Waals surface area contributed by atoms with Gasteiger partial charge in [0.15, 0.2) is 15.7 Å². The van der Waals surface area contributed by atoms with E-state index in [0.29, 0.717) is 41.2 Å². The van der Waals surface area contributed by atoms with Gasteiger partial charge in [0, 0.05) is 12.7 Å². The van der Waals surface area contributed by atoms with Gasteiger partial charge in [0.1, 0.15) is 28.4 Å². The Balaban J connectivity index is 0.00000380. The third-order valence-electron chi connectivity index (χ3n) is 5.46. The summed E-state index contributed by atoms with van der Waals surface area (Å²) in [4.78, 5) is 8.91. The fraction of sp³-hybridized carbons (Fsp3) is 0.280. The molecular weight excluding hydrogens is 539 g/mol. The fourth-order valence-electron chi connectivity index (χ4n) is 3.57. The number of fused-ring (bicyclic) bond motifs is 1. The Kier molecular flexibility index (Phi) is 9.74. The topological polar surface area (TPSA) is 116 Å². The molecule has 0 radical (unpaired) electrons. The molecule has 2 aromatic heterocycles. The minimum Gasteiger partial charge on any atom is -0.456 e. The predicted molar refractivity (Wildman–Crippen MR) is 146 cm³/mol. The Hall–Kier alpha value is -2.89. The van der Waals surface area contributed by atoms with E-state index in [4.69, 9.17) is 26.2 Å². The van der Waals surface area contributed by atoms with Gasteiger partial charge in [0.25, 0.3) is 0 Å². The van der Waals surface area contributed by atoms with Crippen molar-refractivity contribution in [2.45, 2.75) is 30.5 Å². The van der Waals surface area contributed by atoms with Crippen LogP contribution in [0, 0.1) is 0 Å². The average Bonchev–Trinajstić information content (AvgIpc) is 3.28. The van der Waals surface area contributed by atoms with Crippen molar-refractivity contribution < 1.29 is 23.0 Å². The van der Waals surface area contributed by atoms with Gasteiger partial charge in [-0.2, -0.15) is 0 Å². The quantitative estimate of drug-likeness (QED) is 0.237. The first kappa shape index (κ1) is 28.7. The van der Waals surface area contributed by atoms with Crippen molar-refractivity contribution in [1.29, 1.82) is 0 Å². The summed E-state index contributed by atoms with van der Waals surface area (Å²) in [6.45, 7) is 4.49. The fourth-order valence-corrected chi connectivity index (χ4v) is 4.87. The van der Waals surface area contributed by atoms with E-state index in [1.807, 2.05) is 16.8 Å². The van der Waals surface area contributed by atoms with Crippen LogP contribution in [0.1, 0.15) is 13.8 Å². The molecule has 0 saturated carbocycles. The number of hydrogen-bond acceptors (Lipinski definition) is 8. The molecule has 0 unspecified atom stereocenters. The Morgan fingerprint density at radius 1 is 1.11 bits per heavy atom. The second-order valence-electron chi connectivity index (χ2n) is 8.21. The second kappa shape index (κ2) is 12.6. The van der Waals surface area contributed by atoms with Crippen molar-refractivity contribution in [1.82, 2.24) is 14.5 Å². The molecule has 12 heteroatoms. The van der Waals surface area contributed by atoms with Crippen molar-refractivity contribution >= 4 is 56.4 Å². The predicted octanol–water partition coefficient (Wildman–Crippen LogP) is 5.23. The molecule has 198 valence electrons. The first-order valence-corrected chi connectivity index (χ1v) is 13.3. The van der Waals surface area contributed by atoms with Gasteiger partial charge in [0.05, 0.1) is 41.2 Å². The van der Waals surface area contributed by atoms with Gasteiger partial charge in [-0.3, -0.25) is 0 Å². The molecule has 0 aliphatic rings. The number of aliphatic hydroxyl groups excluding tert-OH is 1. The summed E-state index contributed by atoms with van der Waals surface area (Å²) in [5.41, 5.74) is 2.09. The lowest BCUT2D eigenvalue weighted by Crippen LogP contribution is -2.13. The number of benzene rings is 2. The molecule has 0 spiro atoms. The monoisotopic (exact) mass is 566 g/mol. The zero-order valence-corrected chi connectivity index (χ0v) is 22.7. The third kappa shape index (κ3) is 6.52. The number of hydrogen-bond donors (Lipinski definition) is 2. The lowest BCUT2D eigenvalue weighted by Gasteiger charge is -2.15. The smallest absolute Gasteiger partial charge is 0.180 e. The molecule has 0 fully saturated rings. The first-order valence-electron chi connectivity index (χ1n) is 11.4. The summed E-state index contributed by atoms with van der Waals surface area (Å²) in [7, 11) is -3.44. The van der Waals surface area contributed by atoms with Crippen LogP contribution in [0.2, 0.25) is 5.02 Å². The molecule has 0 bridgehead atoms. The van der Waals surface area contributed by atoms with E-state index < -0.39 is 15.1 Å². The van der Waals surface area contributed by atoms with Crippen molar-refractivity contribution in [3.63, 3.8) is 0 Å². The Morgan fingerprint density at radius 3 is 2.65 bits per heavy atom. The maximum Gasteiger partial charge on any atom is 0.180 e. The lowest BCUT2D eigenvalue weighted by molar-refractivity contribution is 0.0875. The Morgan fingerprint density at radius 2 is 1.89 bits per heavy atom. The summed E-state index contributed by atoms with van der Waals surface area (Å²) < 4.78 is 38.4. The molecule has 2 heterocycles. The Labute approximate surface area is 226 Å². The highest BCUT2D eigenvalue weighted by atomic mass is 35.5. The summed E-state index contributed by atoms with van der Waals surface area (Å²) >= 11 is 6.67.